The molecule has 0 aromatic carbocycles. The van der Waals surface area contributed by atoms with Gasteiger partial charge >= 0.3 is 31.9 Å². The normalized spacial score (nSPS) is 12.6. The molecule has 6 aromatic rings. The number of aromatic nitrogens is 8. The van der Waals surface area contributed by atoms with Gasteiger partial charge in [-0.15, -0.1) is 0 Å². The monoisotopic (exact) mass is 1110 g/mol. The Morgan fingerprint density at radius 3 is 1.57 bits per heavy atom. The van der Waals surface area contributed by atoms with E-state index in [1.54, 1.807) is 66.3 Å². The van der Waals surface area contributed by atoms with Gasteiger partial charge in [0, 0.05) is 49.3 Å². The summed E-state index contributed by atoms with van der Waals surface area (Å²) in [5.74, 6) is 2.99. The van der Waals surface area contributed by atoms with Gasteiger partial charge in [-0.3, -0.25) is 9.36 Å². The van der Waals surface area contributed by atoms with Crippen molar-refractivity contribution in [2.75, 3.05) is 37.2 Å². The van der Waals surface area contributed by atoms with Crippen molar-refractivity contribution >= 4 is 120 Å². The SMILES string of the molecule is C.COc1nc(N)ccc1-c1cnn(C)c1.COc1nc(N)ccc1Br.Cn1cc(B2OC(C)(C)C(C)(C)O2)cn1.Nc1ccc(Br)c(Br)n1.Nc1cccc(Br)n1.[B]=NS. The molecule has 17 nitrogen and oxygen atoms in total. The van der Waals surface area contributed by atoms with Gasteiger partial charge in [-0.2, -0.15) is 20.2 Å². The predicted octanol–water partition coefficient (Wildman–Crippen LogP) is 7.66. The van der Waals surface area contributed by atoms with Crippen LogP contribution in [0.15, 0.2) is 102 Å². The molecule has 1 aliphatic rings. The Morgan fingerprint density at radius 1 is 0.689 bits per heavy atom. The Balaban J connectivity index is 0.000000381. The second-order valence-electron chi connectivity index (χ2n) is 13.0. The quantitative estimate of drug-likeness (QED) is 0.0647. The summed E-state index contributed by atoms with van der Waals surface area (Å²) < 4.78 is 31.2. The number of methoxy groups -OCH3 is 2. The van der Waals surface area contributed by atoms with E-state index in [1.807, 2.05) is 78.4 Å². The molecule has 61 heavy (non-hydrogen) atoms. The maximum absolute atomic E-state index is 5.89. The van der Waals surface area contributed by atoms with Crippen LogP contribution in [0.1, 0.15) is 35.1 Å². The molecule has 0 aliphatic carbocycles. The summed E-state index contributed by atoms with van der Waals surface area (Å²) >= 11 is 16.1. The van der Waals surface area contributed by atoms with Gasteiger partial charge in [0.15, 0.2) is 0 Å². The van der Waals surface area contributed by atoms with Gasteiger partial charge in [0.05, 0.1) is 40.6 Å². The van der Waals surface area contributed by atoms with Gasteiger partial charge in [0.1, 0.15) is 32.5 Å². The molecular formula is C37H50B2Br4N13O4S. The zero-order chi connectivity index (χ0) is 45.2. The number of nitrogens with zero attached hydrogens (tertiary/aromatic N) is 9. The fourth-order valence-electron chi connectivity index (χ4n) is 4.37. The van der Waals surface area contributed by atoms with Crippen LogP contribution in [0.3, 0.4) is 0 Å². The summed E-state index contributed by atoms with van der Waals surface area (Å²) in [4.78, 5) is 15.8. The van der Waals surface area contributed by atoms with Crippen LogP contribution in [0.4, 0.5) is 23.3 Å². The number of ether oxygens (including phenoxy) is 2. The van der Waals surface area contributed by atoms with Crippen LogP contribution < -0.4 is 37.9 Å². The van der Waals surface area contributed by atoms with E-state index in [4.69, 9.17) is 41.7 Å². The van der Waals surface area contributed by atoms with Crippen molar-refractivity contribution in [1.82, 2.24) is 39.5 Å². The van der Waals surface area contributed by atoms with E-state index in [0.717, 1.165) is 34.7 Å². The summed E-state index contributed by atoms with van der Waals surface area (Å²) in [5, 5.41) is 8.21. The Labute approximate surface area is 397 Å². The van der Waals surface area contributed by atoms with E-state index < -0.39 is 0 Å². The molecule has 327 valence electrons. The summed E-state index contributed by atoms with van der Waals surface area (Å²) in [6.45, 7) is 8.18. The van der Waals surface area contributed by atoms with Crippen LogP contribution in [0.2, 0.25) is 0 Å². The second-order valence-corrected chi connectivity index (χ2v) is 16.5. The van der Waals surface area contributed by atoms with Crippen molar-refractivity contribution in [1.29, 1.82) is 0 Å². The molecule has 0 bridgehead atoms. The van der Waals surface area contributed by atoms with Crippen LogP contribution in [0.5, 0.6) is 11.8 Å². The van der Waals surface area contributed by atoms with Crippen molar-refractivity contribution in [3.63, 3.8) is 0 Å². The number of rotatable bonds is 4. The van der Waals surface area contributed by atoms with Gasteiger partial charge in [-0.25, -0.2) is 9.97 Å². The molecule has 0 spiro atoms. The Kier molecular flexibility index (Phi) is 23.8. The van der Waals surface area contributed by atoms with Crippen LogP contribution in [-0.2, 0) is 23.4 Å². The molecule has 6 aromatic heterocycles. The predicted molar refractivity (Wildman–Crippen MR) is 264 cm³/mol. The van der Waals surface area contributed by atoms with Crippen molar-refractivity contribution in [3.05, 3.63) is 97.5 Å². The zero-order valence-corrected chi connectivity index (χ0v) is 41.3. The molecule has 1 fully saturated rings. The number of hydrogen-bond acceptors (Lipinski definition) is 16. The topological polar surface area (TPSA) is 241 Å². The molecule has 0 atom stereocenters. The molecule has 7 rings (SSSR count). The molecule has 0 saturated carbocycles. The molecule has 1 saturated heterocycles. The van der Waals surface area contributed by atoms with Crippen molar-refractivity contribution in [2.45, 2.75) is 46.3 Å². The zero-order valence-electron chi connectivity index (χ0n) is 34.1. The Hall–Kier alpha value is -4.06. The number of nitrogens with two attached hydrogens (primary N) is 4. The number of nitrogen functional groups attached to an aromatic ring is 4. The van der Waals surface area contributed by atoms with E-state index in [2.05, 4.69) is 119 Å². The van der Waals surface area contributed by atoms with E-state index >= 15 is 0 Å². The summed E-state index contributed by atoms with van der Waals surface area (Å²) in [6, 6.07) is 16.1. The molecule has 1 radical (unpaired) electrons. The van der Waals surface area contributed by atoms with Crippen LogP contribution in [0, 0.1) is 0 Å². The van der Waals surface area contributed by atoms with Crippen molar-refractivity contribution in [2.24, 2.45) is 18.4 Å². The molecule has 7 heterocycles. The van der Waals surface area contributed by atoms with Crippen molar-refractivity contribution < 1.29 is 18.8 Å². The number of pyridine rings is 4. The van der Waals surface area contributed by atoms with Crippen molar-refractivity contribution in [3.8, 4) is 22.9 Å². The molecule has 8 N–H and O–H groups in total. The third kappa shape index (κ3) is 18.4. The minimum absolute atomic E-state index is 0. The van der Waals surface area contributed by atoms with Gasteiger partial charge in [-0.1, -0.05) is 13.5 Å². The fraction of sp³-hybridized carbons (Fsp3) is 0.297. The summed E-state index contributed by atoms with van der Waals surface area (Å²) in [5.41, 5.74) is 23.9. The first kappa shape index (κ1) is 55.0. The van der Waals surface area contributed by atoms with Gasteiger partial charge in [0.25, 0.3) is 0 Å². The molecule has 1 aliphatic heterocycles. The first-order valence-corrected chi connectivity index (χ1v) is 20.8. The van der Waals surface area contributed by atoms with Gasteiger partial charge in [0.2, 0.25) is 11.8 Å². The van der Waals surface area contributed by atoms with E-state index in [-0.39, 0.29) is 25.7 Å². The third-order valence-electron chi connectivity index (χ3n) is 7.93. The average molecular weight is 1110 g/mol. The van der Waals surface area contributed by atoms with E-state index in [9.17, 15) is 0 Å². The number of aryl methyl sites for hydroxylation is 2. The average Bonchev–Trinajstić information content (AvgIpc) is 3.88. The fourth-order valence-corrected chi connectivity index (χ4v) is 5.67. The van der Waals surface area contributed by atoms with Gasteiger partial charge in [-0.05, 0) is 140 Å². The van der Waals surface area contributed by atoms with E-state index in [1.165, 1.54) is 0 Å². The molecule has 0 unspecified atom stereocenters. The standard InChI is InChI=1S/C10H17BN2O2.C10H12N4O.C6H7BrN2O.C5H4Br2N2.C5H5BrN2.CH4.BHNS/c1-9(2)10(3,4)15-11(14-9)8-6-12-13(5)7-8;1-14-6-7(5-12-14)8-3-4-9(11)13-10(8)15-2;1-10-6-4(7)2-3-5(8)9-6;6-3-1-2-4(8)9-5(3)7;6-4-2-1-3-5(7)8-4;;1-2-3/h6-7H,1-5H3;3-6H,1-2H3,(H2,11,13);2-3H,1H3,(H2,8,9);1-2H,(H2,8,9);1-3H,(H2,7,8);1H4;3H. The third-order valence-corrected chi connectivity index (χ3v) is 10.8. The number of anilines is 4. The van der Waals surface area contributed by atoms with Crippen LogP contribution in [0.25, 0.3) is 11.1 Å². The van der Waals surface area contributed by atoms with Crippen LogP contribution >= 0.6 is 76.5 Å². The van der Waals surface area contributed by atoms with Crippen LogP contribution in [-0.4, -0.2) is 79.7 Å². The first-order valence-electron chi connectivity index (χ1n) is 17.3. The first-order chi connectivity index (χ1) is 28.2. The number of hydrogen-bond donors (Lipinski definition) is 5. The second kappa shape index (κ2) is 26.4. The molecule has 0 amide bonds. The summed E-state index contributed by atoms with van der Waals surface area (Å²) in [7, 11) is 10.9. The maximum atomic E-state index is 5.89. The Bertz CT molecular complexity index is 2240. The van der Waals surface area contributed by atoms with Gasteiger partial charge < -0.3 is 41.7 Å². The number of thiol groups is 1. The summed E-state index contributed by atoms with van der Waals surface area (Å²) in [6.07, 6.45) is 7.36. The minimum atomic E-state index is -0.302. The number of halogens is 4. The Morgan fingerprint density at radius 2 is 1.16 bits per heavy atom. The molecular weight excluding hydrogens is 1060 g/mol. The van der Waals surface area contributed by atoms with E-state index in [0.29, 0.717) is 35.0 Å². The molecule has 24 heteroatoms.